The molecule has 0 aliphatic rings. The lowest BCUT2D eigenvalue weighted by Crippen LogP contribution is -1.94. The first-order valence-corrected chi connectivity index (χ1v) is 1.32. The summed E-state index contributed by atoms with van der Waals surface area (Å²) in [4.78, 5) is 9.59. The summed E-state index contributed by atoms with van der Waals surface area (Å²) in [5.41, 5.74) is 0. The van der Waals surface area contributed by atoms with Crippen molar-refractivity contribution < 1.29 is 9.45 Å². The highest BCUT2D eigenvalue weighted by atomic mass is 16.5. The van der Waals surface area contributed by atoms with Crippen LogP contribution < -0.4 is 0 Å². The maximum atomic E-state index is 9.59. The van der Waals surface area contributed by atoms with Crippen molar-refractivity contribution in [3.8, 4) is 0 Å². The van der Waals surface area contributed by atoms with Crippen molar-refractivity contribution in [1.82, 2.24) is 0 Å². The summed E-state index contributed by atoms with van der Waals surface area (Å²) >= 11 is 0. The first kappa shape index (κ1) is 4.60. The molecular weight excluding hydrogens is 65.6 g/mol. The predicted molar refractivity (Wildman–Crippen MR) is 23.6 cm³/mol. The fraction of sp³-hybridized carbons (Fsp3) is 0. The van der Waals surface area contributed by atoms with E-state index in [-0.39, 0.29) is 5.87 Å². The van der Waals surface area contributed by atoms with Gasteiger partial charge in [-0.3, -0.25) is 4.79 Å². The van der Waals surface area contributed by atoms with E-state index in [1.54, 1.807) is 0 Å². The van der Waals surface area contributed by atoms with Crippen LogP contribution in [0.4, 0.5) is 4.79 Å². The van der Waals surface area contributed by atoms with Crippen molar-refractivity contribution in [3.05, 3.63) is 0 Å². The number of carbonyl (C=O) groups is 1. The van der Waals surface area contributed by atoms with Crippen LogP contribution >= 0.6 is 0 Å². The van der Waals surface area contributed by atoms with E-state index in [2.05, 4.69) is 4.65 Å². The average molecular weight is 69.7 g/mol. The van der Waals surface area contributed by atoms with Gasteiger partial charge in [0.05, 0.1) is 0 Å². The van der Waals surface area contributed by atoms with E-state index in [1.165, 1.54) is 15.9 Å². The molecule has 0 aromatic rings. The molecule has 0 fully saturated rings. The quantitative estimate of drug-likeness (QED) is 0.317. The lowest BCUT2D eigenvalue weighted by molar-refractivity contribution is 0.229. The van der Waals surface area contributed by atoms with E-state index in [9.17, 15) is 4.79 Å². The Labute approximate surface area is 32.4 Å². The van der Waals surface area contributed by atoms with Gasteiger partial charge in [-0.05, 0) is 0 Å². The third-order valence-corrected chi connectivity index (χ3v) is 0.287. The van der Waals surface area contributed by atoms with Gasteiger partial charge in [-0.25, -0.2) is 0 Å². The molecule has 0 aliphatic heterocycles. The van der Waals surface area contributed by atoms with Crippen LogP contribution in [0.2, 0.25) is 0 Å². The zero-order valence-electron chi connectivity index (χ0n) is 3.32. The molecule has 0 atom stereocenters. The first-order chi connectivity index (χ1) is 2.27. The minimum absolute atomic E-state index is 0.245. The molecule has 0 spiro atoms. The van der Waals surface area contributed by atoms with Crippen molar-refractivity contribution in [1.29, 1.82) is 0 Å². The number of carbonyl (C=O) groups excluding carboxylic acids is 1. The van der Waals surface area contributed by atoms with Crippen LogP contribution in [0, 0.1) is 0 Å². The van der Waals surface area contributed by atoms with Crippen LogP contribution in [0.1, 0.15) is 0 Å². The average Bonchev–Trinajstić information content (AvgIpc) is 1.38. The lowest BCUT2D eigenvalue weighted by atomic mass is 10.2. The van der Waals surface area contributed by atoms with Crippen LogP contribution in [-0.2, 0) is 4.65 Å². The molecule has 0 N–H and O–H groups in total. The van der Waals surface area contributed by atoms with E-state index in [0.29, 0.717) is 0 Å². The highest BCUT2D eigenvalue weighted by Crippen LogP contribution is 1.58. The molecule has 5 heavy (non-hydrogen) atoms. The highest BCUT2D eigenvalue weighted by Gasteiger charge is 1.76. The number of hydrogen-bond donors (Lipinski definition) is 0. The third kappa shape index (κ3) is 3.60. The summed E-state index contributed by atoms with van der Waals surface area (Å²) < 4.78 is 4.11. The minimum atomic E-state index is -0.245. The van der Waals surface area contributed by atoms with Gasteiger partial charge >= 0.3 is 8.05 Å². The molecule has 0 saturated carbocycles. The molecule has 0 bridgehead atoms. The highest BCUT2D eigenvalue weighted by molar-refractivity contribution is 6.56. The van der Waals surface area contributed by atoms with Gasteiger partial charge in [0.1, 0.15) is 0 Å². The minimum Gasteiger partial charge on any atom is -0.552 e. The smallest absolute Gasteiger partial charge is 0.324 e. The van der Waals surface area contributed by atoms with E-state index in [4.69, 9.17) is 0 Å². The van der Waals surface area contributed by atoms with Gasteiger partial charge in [-0.15, -0.1) is 0 Å². The summed E-state index contributed by atoms with van der Waals surface area (Å²) in [5.74, 6) is -0.245. The molecule has 0 saturated heterocycles. The fourth-order valence-corrected chi connectivity index (χ4v) is 0. The van der Waals surface area contributed by atoms with Gasteiger partial charge in [-0.2, -0.15) is 0 Å². The Hall–Kier alpha value is -0.400. The Kier molecular flexibility index (Phi) is 1.73. The van der Waals surface area contributed by atoms with E-state index in [1.807, 2.05) is 0 Å². The van der Waals surface area contributed by atoms with Gasteiger partial charge in [-0.1, -0.05) is 0 Å². The van der Waals surface area contributed by atoms with Crippen LogP contribution in [-0.4, -0.2) is 21.8 Å². The van der Waals surface area contributed by atoms with Gasteiger partial charge in [0.15, 0.2) is 0 Å². The fourth-order valence-electron chi connectivity index (χ4n) is 0. The summed E-state index contributed by atoms with van der Waals surface area (Å²) in [5, 5.41) is 0. The number of rotatable bonds is 0. The SMILES string of the molecule is BOC(B)=O. The molecular formula is CH4B2O2. The third-order valence-electron chi connectivity index (χ3n) is 0.287. The Bertz CT molecular complexity index is 42.9. The Morgan fingerprint density at radius 2 is 2.00 bits per heavy atom. The van der Waals surface area contributed by atoms with Crippen molar-refractivity contribution in [2.45, 2.75) is 0 Å². The van der Waals surface area contributed by atoms with Crippen molar-refractivity contribution in [3.63, 3.8) is 0 Å². The van der Waals surface area contributed by atoms with E-state index in [0.717, 1.165) is 0 Å². The van der Waals surface area contributed by atoms with Gasteiger partial charge in [0, 0.05) is 0 Å². The van der Waals surface area contributed by atoms with E-state index >= 15 is 0 Å². The Balaban J connectivity index is 2.85. The molecule has 0 aliphatic carbocycles. The molecule has 0 heterocycles. The largest absolute Gasteiger partial charge is 0.552 e. The summed E-state index contributed by atoms with van der Waals surface area (Å²) in [6.07, 6.45) is 0. The molecule has 2 nitrogen and oxygen atoms in total. The topological polar surface area (TPSA) is 26.3 Å². The Morgan fingerprint density at radius 3 is 2.00 bits per heavy atom. The van der Waals surface area contributed by atoms with Crippen LogP contribution in [0.15, 0.2) is 0 Å². The molecule has 0 radical (unpaired) electrons. The van der Waals surface area contributed by atoms with Gasteiger partial charge in [0.2, 0.25) is 13.7 Å². The maximum Gasteiger partial charge on any atom is 0.324 e. The molecule has 0 rings (SSSR count). The zero-order valence-corrected chi connectivity index (χ0v) is 3.32. The second kappa shape index (κ2) is 1.88. The van der Waals surface area contributed by atoms with Crippen molar-refractivity contribution in [2.75, 3.05) is 0 Å². The Morgan fingerprint density at radius 1 is 1.80 bits per heavy atom. The van der Waals surface area contributed by atoms with Crippen molar-refractivity contribution >= 4 is 21.8 Å². The molecule has 0 aromatic heterocycles. The van der Waals surface area contributed by atoms with Crippen LogP contribution in [0.5, 0.6) is 0 Å². The predicted octanol–water partition coefficient (Wildman–Crippen LogP) is -1.70. The van der Waals surface area contributed by atoms with Gasteiger partial charge < -0.3 is 4.65 Å². The van der Waals surface area contributed by atoms with Crippen LogP contribution in [0.3, 0.4) is 0 Å². The molecule has 0 aromatic carbocycles. The standard InChI is InChI=1S/CH4B2O2/c2-1(4)5-3/h2-3H2. The number of hydrogen-bond acceptors (Lipinski definition) is 2. The maximum absolute atomic E-state index is 9.59. The monoisotopic (exact) mass is 70.0 g/mol. The van der Waals surface area contributed by atoms with E-state index < -0.39 is 0 Å². The summed E-state index contributed by atoms with van der Waals surface area (Å²) in [7, 11) is 2.71. The molecule has 0 unspecified atom stereocenters. The van der Waals surface area contributed by atoms with Gasteiger partial charge in [0.25, 0.3) is 0 Å². The summed E-state index contributed by atoms with van der Waals surface area (Å²) in [6.45, 7) is 0. The molecule has 26 valence electrons. The molecule has 0 amide bonds. The second-order valence-corrected chi connectivity index (χ2v) is 0.696. The lowest BCUT2D eigenvalue weighted by Gasteiger charge is -1.82. The normalized spacial score (nSPS) is 6.40. The van der Waals surface area contributed by atoms with Crippen molar-refractivity contribution in [2.24, 2.45) is 0 Å². The van der Waals surface area contributed by atoms with Crippen LogP contribution in [0.25, 0.3) is 0 Å². The first-order valence-electron chi connectivity index (χ1n) is 1.32. The summed E-state index contributed by atoms with van der Waals surface area (Å²) in [6, 6.07) is 0. The zero-order chi connectivity index (χ0) is 4.28. The second-order valence-electron chi connectivity index (χ2n) is 0.696. The molecule has 4 heteroatoms.